The van der Waals surface area contributed by atoms with Gasteiger partial charge in [-0.2, -0.15) is 0 Å². The second kappa shape index (κ2) is 8.71. The van der Waals surface area contributed by atoms with Crippen LogP contribution in [0, 0.1) is 0 Å². The van der Waals surface area contributed by atoms with Gasteiger partial charge >= 0.3 is 17.9 Å². The monoisotopic (exact) mass is 336 g/mol. The van der Waals surface area contributed by atoms with E-state index in [4.69, 9.17) is 14.2 Å². The van der Waals surface area contributed by atoms with Gasteiger partial charge in [0.2, 0.25) is 0 Å². The predicted molar refractivity (Wildman–Crippen MR) is 84.7 cm³/mol. The minimum atomic E-state index is -1.21. The summed E-state index contributed by atoms with van der Waals surface area (Å²) in [6, 6.07) is 4.90. The number of carbonyl (C=O) groups excluding carboxylic acids is 3. The number of methoxy groups -OCH3 is 2. The molecule has 1 unspecified atom stereocenters. The van der Waals surface area contributed by atoms with Crippen LogP contribution < -0.4 is 9.47 Å². The first kappa shape index (κ1) is 19.2. The minimum absolute atomic E-state index is 0.145. The molecule has 24 heavy (non-hydrogen) atoms. The fourth-order valence-electron chi connectivity index (χ4n) is 1.70. The second-order valence-electron chi connectivity index (χ2n) is 4.99. The van der Waals surface area contributed by atoms with E-state index in [1.807, 2.05) is 0 Å². The van der Waals surface area contributed by atoms with Gasteiger partial charge in [-0.05, 0) is 31.5 Å². The molecule has 1 aromatic carbocycles. The van der Waals surface area contributed by atoms with E-state index >= 15 is 0 Å². The third kappa shape index (κ3) is 5.42. The van der Waals surface area contributed by atoms with Gasteiger partial charge in [0.15, 0.2) is 17.6 Å². The van der Waals surface area contributed by atoms with Crippen molar-refractivity contribution in [3.63, 3.8) is 0 Å². The van der Waals surface area contributed by atoms with E-state index in [1.165, 1.54) is 28.1 Å². The summed E-state index contributed by atoms with van der Waals surface area (Å²) < 4.78 is 19.7. The summed E-state index contributed by atoms with van der Waals surface area (Å²) >= 11 is 0. The van der Waals surface area contributed by atoms with Gasteiger partial charge in [0.1, 0.15) is 0 Å². The Morgan fingerprint density at radius 3 is 2.29 bits per heavy atom. The summed E-state index contributed by atoms with van der Waals surface area (Å²) in [5.74, 6) is -1.48. The first-order valence-corrected chi connectivity index (χ1v) is 7.10. The second-order valence-corrected chi connectivity index (χ2v) is 4.99. The summed E-state index contributed by atoms with van der Waals surface area (Å²) in [5, 5.41) is 0. The zero-order valence-corrected chi connectivity index (χ0v) is 14.1. The van der Waals surface area contributed by atoms with E-state index in [0.717, 1.165) is 0 Å². The van der Waals surface area contributed by atoms with Gasteiger partial charge in [0.05, 0.1) is 20.6 Å². The molecule has 0 spiro atoms. The van der Waals surface area contributed by atoms with Crippen LogP contribution in [0.25, 0.3) is 0 Å². The number of hydrogen-bond donors (Lipinski definition) is 0. The Morgan fingerprint density at radius 2 is 1.75 bits per heavy atom. The minimum Gasteiger partial charge on any atom is -0.493 e. The Kier molecular flexibility index (Phi) is 6.98. The van der Waals surface area contributed by atoms with Crippen molar-refractivity contribution in [1.29, 1.82) is 0 Å². The first-order valence-electron chi connectivity index (χ1n) is 7.10. The molecule has 0 aliphatic heterocycles. The lowest BCUT2D eigenvalue weighted by Crippen LogP contribution is -2.29. The van der Waals surface area contributed by atoms with Crippen LogP contribution in [-0.4, -0.2) is 38.2 Å². The van der Waals surface area contributed by atoms with Gasteiger partial charge in [-0.25, -0.2) is 9.59 Å². The molecule has 7 nitrogen and oxygen atoms in total. The molecule has 0 radical (unpaired) electrons. The number of ether oxygens (including phenoxy) is 4. The molecule has 130 valence electrons. The van der Waals surface area contributed by atoms with Gasteiger partial charge in [-0.3, -0.25) is 4.79 Å². The highest BCUT2D eigenvalue weighted by molar-refractivity contribution is 5.92. The van der Waals surface area contributed by atoms with Crippen LogP contribution in [0.5, 0.6) is 11.5 Å². The molecule has 1 aromatic rings. The van der Waals surface area contributed by atoms with Crippen LogP contribution >= 0.6 is 0 Å². The molecule has 0 N–H and O–H groups in total. The normalized spacial score (nSPS) is 11.2. The Bertz CT molecular complexity index is 648. The topological polar surface area (TPSA) is 88.1 Å². The van der Waals surface area contributed by atoms with Crippen LogP contribution in [-0.2, 0) is 30.3 Å². The van der Waals surface area contributed by atoms with Crippen LogP contribution in [0.2, 0.25) is 0 Å². The highest BCUT2D eigenvalue weighted by Gasteiger charge is 2.22. The van der Waals surface area contributed by atoms with Crippen LogP contribution in [0.4, 0.5) is 0 Å². The number of esters is 3. The molecular formula is C17H20O7. The fourth-order valence-corrected chi connectivity index (χ4v) is 1.70. The smallest absolute Gasteiger partial charge is 0.354 e. The van der Waals surface area contributed by atoms with Crippen LogP contribution in [0.1, 0.15) is 19.4 Å². The van der Waals surface area contributed by atoms with Crippen molar-refractivity contribution >= 4 is 17.9 Å². The zero-order chi connectivity index (χ0) is 18.3. The fraction of sp³-hybridized carbons (Fsp3) is 0.353. The van der Waals surface area contributed by atoms with Crippen molar-refractivity contribution in [2.24, 2.45) is 0 Å². The molecule has 1 atom stereocenters. The van der Waals surface area contributed by atoms with Gasteiger partial charge in [0.25, 0.3) is 0 Å². The number of rotatable bonds is 7. The summed E-state index contributed by atoms with van der Waals surface area (Å²) in [5.41, 5.74) is 0.725. The maximum atomic E-state index is 11.8. The van der Waals surface area contributed by atoms with E-state index in [1.54, 1.807) is 18.2 Å². The van der Waals surface area contributed by atoms with Gasteiger partial charge in [-0.1, -0.05) is 12.6 Å². The molecule has 0 bridgehead atoms. The molecule has 0 fully saturated rings. The van der Waals surface area contributed by atoms with Crippen molar-refractivity contribution in [2.75, 3.05) is 14.2 Å². The maximum absolute atomic E-state index is 11.8. The number of carbonyl (C=O) groups is 3. The summed E-state index contributed by atoms with van der Waals surface area (Å²) in [6.45, 7) is 6.16. The Balaban J connectivity index is 2.64. The van der Waals surface area contributed by atoms with E-state index in [-0.39, 0.29) is 12.0 Å². The lowest BCUT2D eigenvalue weighted by atomic mass is 10.1. The summed E-state index contributed by atoms with van der Waals surface area (Å²) in [6.07, 6.45) is -1.35. The molecule has 0 amide bonds. The molecule has 0 heterocycles. The highest BCUT2D eigenvalue weighted by Crippen LogP contribution is 2.27. The van der Waals surface area contributed by atoms with Crippen LogP contribution in [0.3, 0.4) is 0 Å². The van der Waals surface area contributed by atoms with Crippen molar-refractivity contribution in [1.82, 2.24) is 0 Å². The van der Waals surface area contributed by atoms with E-state index in [9.17, 15) is 14.4 Å². The van der Waals surface area contributed by atoms with E-state index < -0.39 is 24.0 Å². The average Bonchev–Trinajstić information content (AvgIpc) is 2.54. The molecule has 0 saturated heterocycles. The first-order chi connectivity index (χ1) is 11.3. The molecule has 0 saturated carbocycles. The van der Waals surface area contributed by atoms with Gasteiger partial charge in [0, 0.05) is 5.57 Å². The van der Waals surface area contributed by atoms with E-state index in [0.29, 0.717) is 17.1 Å². The molecule has 0 aliphatic rings. The molecule has 0 aliphatic carbocycles. The highest BCUT2D eigenvalue weighted by atomic mass is 16.6. The standard InChI is InChI=1S/C17H20O7/c1-10(2)16(19)23-11(3)17(20)24-15(18)9-12-6-7-13(21-4)14(8-12)22-5/h6-8,11H,1,9H2,2-5H3. The quantitative estimate of drug-likeness (QED) is 0.426. The molecule has 0 aromatic heterocycles. The molecule has 7 heteroatoms. The Labute approximate surface area is 140 Å². The lowest BCUT2D eigenvalue weighted by molar-refractivity contribution is -0.171. The van der Waals surface area contributed by atoms with Gasteiger partial charge in [-0.15, -0.1) is 0 Å². The third-order valence-corrected chi connectivity index (χ3v) is 2.98. The van der Waals surface area contributed by atoms with Crippen molar-refractivity contribution in [3.05, 3.63) is 35.9 Å². The third-order valence-electron chi connectivity index (χ3n) is 2.98. The average molecular weight is 336 g/mol. The van der Waals surface area contributed by atoms with Crippen LogP contribution in [0.15, 0.2) is 30.4 Å². The molecule has 1 rings (SSSR count). The zero-order valence-electron chi connectivity index (χ0n) is 14.1. The maximum Gasteiger partial charge on any atom is 0.354 e. The van der Waals surface area contributed by atoms with E-state index in [2.05, 4.69) is 11.3 Å². The van der Waals surface area contributed by atoms with Gasteiger partial charge < -0.3 is 18.9 Å². The Hall–Kier alpha value is -2.83. The predicted octanol–water partition coefficient (Wildman–Crippen LogP) is 1.82. The lowest BCUT2D eigenvalue weighted by Gasteiger charge is -2.12. The number of hydrogen-bond acceptors (Lipinski definition) is 7. The number of benzene rings is 1. The largest absolute Gasteiger partial charge is 0.493 e. The van der Waals surface area contributed by atoms with Crippen molar-refractivity contribution in [3.8, 4) is 11.5 Å². The Morgan fingerprint density at radius 1 is 1.12 bits per heavy atom. The molecular weight excluding hydrogens is 316 g/mol. The summed E-state index contributed by atoms with van der Waals surface area (Å²) in [7, 11) is 2.97. The van der Waals surface area contributed by atoms with Crippen molar-refractivity contribution < 1.29 is 33.3 Å². The summed E-state index contributed by atoms with van der Waals surface area (Å²) in [4.78, 5) is 34.9. The SMILES string of the molecule is C=C(C)C(=O)OC(C)C(=O)OC(=O)Cc1ccc(OC)c(OC)c1. The van der Waals surface area contributed by atoms with Crippen molar-refractivity contribution in [2.45, 2.75) is 26.4 Å².